The number of nitriles is 1. The number of carbonyl (C=O) groups is 1. The average Bonchev–Trinajstić information content (AvgIpc) is 3.00. The van der Waals surface area contributed by atoms with E-state index in [2.05, 4.69) is 27.0 Å². The predicted octanol–water partition coefficient (Wildman–Crippen LogP) is 5.16. The molecule has 0 spiro atoms. The molecule has 210 valence electrons. The molecule has 1 aromatic heterocycles. The van der Waals surface area contributed by atoms with E-state index in [1.54, 1.807) is 24.4 Å². The molecule has 8 nitrogen and oxygen atoms in total. The van der Waals surface area contributed by atoms with Crippen molar-refractivity contribution < 1.29 is 14.6 Å². The molecule has 5 rings (SSSR count). The molecule has 41 heavy (non-hydrogen) atoms. The van der Waals surface area contributed by atoms with E-state index in [0.717, 1.165) is 29.8 Å². The molecule has 1 aliphatic rings. The Morgan fingerprint density at radius 2 is 1.78 bits per heavy atom. The SMILES string of the molecule is CC(C)NC(=O)c1ccc(-c2cnc3c(c2)NCC(CNCCc2ccc(C#N)cc2)O3)cc1O.c1ccccc1. The third-order valence-electron chi connectivity index (χ3n) is 6.36. The minimum absolute atomic E-state index is 0.0147. The van der Waals surface area contributed by atoms with Gasteiger partial charge in [-0.1, -0.05) is 54.6 Å². The van der Waals surface area contributed by atoms with Crippen molar-refractivity contribution in [1.82, 2.24) is 15.6 Å². The van der Waals surface area contributed by atoms with E-state index in [1.165, 1.54) is 5.56 Å². The summed E-state index contributed by atoms with van der Waals surface area (Å²) in [5.74, 6) is 0.157. The van der Waals surface area contributed by atoms with Crippen LogP contribution in [-0.4, -0.2) is 47.8 Å². The monoisotopic (exact) mass is 549 g/mol. The van der Waals surface area contributed by atoms with Crippen LogP contribution in [-0.2, 0) is 6.42 Å². The van der Waals surface area contributed by atoms with E-state index >= 15 is 0 Å². The minimum Gasteiger partial charge on any atom is -0.507 e. The Morgan fingerprint density at radius 1 is 1.07 bits per heavy atom. The van der Waals surface area contributed by atoms with Gasteiger partial charge in [-0.2, -0.15) is 5.26 Å². The molecule has 1 aliphatic heterocycles. The molecule has 0 radical (unpaired) electrons. The van der Waals surface area contributed by atoms with E-state index < -0.39 is 0 Å². The summed E-state index contributed by atoms with van der Waals surface area (Å²) < 4.78 is 6.04. The zero-order chi connectivity index (χ0) is 29.0. The molecule has 1 atom stereocenters. The highest BCUT2D eigenvalue weighted by atomic mass is 16.5. The Labute approximate surface area is 241 Å². The van der Waals surface area contributed by atoms with Crippen molar-refractivity contribution in [2.24, 2.45) is 0 Å². The van der Waals surface area contributed by atoms with Crippen LogP contribution in [0.25, 0.3) is 11.1 Å². The van der Waals surface area contributed by atoms with Gasteiger partial charge in [0.2, 0.25) is 5.88 Å². The molecule has 3 aromatic carbocycles. The number of pyridine rings is 1. The molecule has 0 saturated heterocycles. The summed E-state index contributed by atoms with van der Waals surface area (Å²) in [7, 11) is 0. The predicted molar refractivity (Wildman–Crippen MR) is 161 cm³/mol. The van der Waals surface area contributed by atoms with Crippen molar-refractivity contribution in [1.29, 1.82) is 5.26 Å². The standard InChI is InChI=1S/C27H29N5O3.C6H6/c1-17(2)32-26(34)23-8-7-20(12-25(23)33)21-11-24-27(31-14-21)35-22(16-30-24)15-29-10-9-18-3-5-19(13-28)6-4-18;1-2-4-6-5-3-1/h3-8,11-12,14,17,22,29-30,33H,9-10,15-16H2,1-2H3,(H,32,34);1-6H. The second-order valence-electron chi connectivity index (χ2n) is 9.98. The van der Waals surface area contributed by atoms with Gasteiger partial charge in [0.25, 0.3) is 5.91 Å². The topological polar surface area (TPSA) is 119 Å². The maximum absolute atomic E-state index is 12.2. The Morgan fingerprint density at radius 3 is 2.41 bits per heavy atom. The maximum Gasteiger partial charge on any atom is 0.255 e. The van der Waals surface area contributed by atoms with Crippen molar-refractivity contribution in [2.75, 3.05) is 25.0 Å². The molecule has 0 saturated carbocycles. The van der Waals surface area contributed by atoms with Gasteiger partial charge in [-0.15, -0.1) is 0 Å². The number of phenols is 1. The van der Waals surface area contributed by atoms with Gasteiger partial charge in [0.15, 0.2) is 0 Å². The Balaban J connectivity index is 0.000000572. The fourth-order valence-corrected chi connectivity index (χ4v) is 4.24. The van der Waals surface area contributed by atoms with Crippen molar-refractivity contribution >= 4 is 11.6 Å². The lowest BCUT2D eigenvalue weighted by atomic mass is 10.0. The molecule has 4 N–H and O–H groups in total. The lowest BCUT2D eigenvalue weighted by Gasteiger charge is -2.27. The number of benzene rings is 3. The molecule has 1 amide bonds. The minimum atomic E-state index is -0.306. The molecule has 8 heteroatoms. The number of fused-ring (bicyclic) bond motifs is 1. The average molecular weight is 550 g/mol. The molecule has 1 unspecified atom stereocenters. The first-order valence-corrected chi connectivity index (χ1v) is 13.7. The molecule has 2 heterocycles. The van der Waals surface area contributed by atoms with E-state index in [1.807, 2.05) is 80.6 Å². The number of hydrogen-bond acceptors (Lipinski definition) is 7. The van der Waals surface area contributed by atoms with E-state index in [0.29, 0.717) is 24.5 Å². The second-order valence-corrected chi connectivity index (χ2v) is 9.98. The number of nitrogens with one attached hydrogen (secondary N) is 3. The molecule has 0 bridgehead atoms. The number of carbonyl (C=O) groups excluding carboxylic acids is 1. The summed E-state index contributed by atoms with van der Waals surface area (Å²) in [6, 6.07) is 28.6. The van der Waals surface area contributed by atoms with Crippen molar-refractivity contribution in [2.45, 2.75) is 32.4 Å². The van der Waals surface area contributed by atoms with Gasteiger partial charge in [0, 0.05) is 24.3 Å². The lowest BCUT2D eigenvalue weighted by Crippen LogP contribution is -2.40. The number of nitrogens with zero attached hydrogens (tertiary/aromatic N) is 2. The number of phenolic OH excluding ortho intramolecular Hbond substituents is 1. The van der Waals surface area contributed by atoms with Gasteiger partial charge >= 0.3 is 0 Å². The van der Waals surface area contributed by atoms with E-state index in [-0.39, 0.29) is 29.4 Å². The van der Waals surface area contributed by atoms with E-state index in [4.69, 9.17) is 10.00 Å². The normalized spacial score (nSPS) is 13.5. The highest BCUT2D eigenvalue weighted by Gasteiger charge is 2.21. The van der Waals surface area contributed by atoms with Crippen LogP contribution in [0.3, 0.4) is 0 Å². The molecular formula is C33H35N5O3. The van der Waals surface area contributed by atoms with Crippen molar-refractivity contribution in [3.63, 3.8) is 0 Å². The summed E-state index contributed by atoms with van der Waals surface area (Å²) in [5, 5.41) is 28.8. The highest BCUT2D eigenvalue weighted by molar-refractivity contribution is 5.97. The number of rotatable bonds is 8. The summed E-state index contributed by atoms with van der Waals surface area (Å²) >= 11 is 0. The van der Waals surface area contributed by atoms with Crippen LogP contribution in [0.4, 0.5) is 5.69 Å². The second kappa shape index (κ2) is 14.5. The Kier molecular flexibility index (Phi) is 10.3. The molecular weight excluding hydrogens is 514 g/mol. The van der Waals surface area contributed by atoms with Gasteiger partial charge in [0.1, 0.15) is 11.9 Å². The van der Waals surface area contributed by atoms with Gasteiger partial charge in [-0.3, -0.25) is 4.79 Å². The van der Waals surface area contributed by atoms with Gasteiger partial charge < -0.3 is 25.8 Å². The third-order valence-corrected chi connectivity index (χ3v) is 6.36. The number of ether oxygens (including phenoxy) is 1. The number of amides is 1. The van der Waals surface area contributed by atoms with Crippen LogP contribution in [0.5, 0.6) is 11.6 Å². The first kappa shape index (κ1) is 29.1. The first-order valence-electron chi connectivity index (χ1n) is 13.7. The van der Waals surface area contributed by atoms with Crippen LogP contribution >= 0.6 is 0 Å². The van der Waals surface area contributed by atoms with Crippen LogP contribution in [0.15, 0.2) is 91.1 Å². The largest absolute Gasteiger partial charge is 0.507 e. The van der Waals surface area contributed by atoms with Crippen molar-refractivity contribution in [3.05, 3.63) is 108 Å². The highest BCUT2D eigenvalue weighted by Crippen LogP contribution is 2.33. The van der Waals surface area contributed by atoms with Crippen LogP contribution in [0, 0.1) is 11.3 Å². The van der Waals surface area contributed by atoms with Gasteiger partial charge in [0.05, 0.1) is 29.4 Å². The number of hydrogen-bond donors (Lipinski definition) is 4. The van der Waals surface area contributed by atoms with Crippen molar-refractivity contribution in [3.8, 4) is 28.8 Å². The van der Waals surface area contributed by atoms with Crippen LogP contribution in [0.2, 0.25) is 0 Å². The first-order chi connectivity index (χ1) is 19.9. The fraction of sp³-hybridized carbons (Fsp3) is 0.242. The number of aromatic nitrogens is 1. The number of anilines is 1. The zero-order valence-corrected chi connectivity index (χ0v) is 23.3. The zero-order valence-electron chi connectivity index (χ0n) is 23.3. The quantitative estimate of drug-likeness (QED) is 0.224. The fourth-order valence-electron chi connectivity index (χ4n) is 4.24. The Bertz CT molecular complexity index is 1440. The third kappa shape index (κ3) is 8.56. The molecule has 0 aliphatic carbocycles. The molecule has 4 aromatic rings. The van der Waals surface area contributed by atoms with Gasteiger partial charge in [-0.05, 0) is 68.3 Å². The van der Waals surface area contributed by atoms with Crippen LogP contribution in [0.1, 0.15) is 35.3 Å². The number of aromatic hydroxyl groups is 1. The van der Waals surface area contributed by atoms with Crippen LogP contribution < -0.4 is 20.7 Å². The molecule has 0 fully saturated rings. The van der Waals surface area contributed by atoms with Gasteiger partial charge in [-0.25, -0.2) is 4.98 Å². The Hall–Kier alpha value is -4.87. The maximum atomic E-state index is 12.2. The smallest absolute Gasteiger partial charge is 0.255 e. The lowest BCUT2D eigenvalue weighted by molar-refractivity contribution is 0.0940. The van der Waals surface area contributed by atoms with E-state index in [9.17, 15) is 9.90 Å². The summed E-state index contributed by atoms with van der Waals surface area (Å²) in [6.45, 7) is 5.87. The summed E-state index contributed by atoms with van der Waals surface area (Å²) in [4.78, 5) is 16.7. The summed E-state index contributed by atoms with van der Waals surface area (Å²) in [5.41, 5.74) is 4.44. The summed E-state index contributed by atoms with van der Waals surface area (Å²) in [6.07, 6.45) is 2.52.